The van der Waals surface area contributed by atoms with Gasteiger partial charge in [-0.2, -0.15) is 11.3 Å². The molecule has 34 heavy (non-hydrogen) atoms. The zero-order valence-electron chi connectivity index (χ0n) is 20.5. The van der Waals surface area contributed by atoms with Gasteiger partial charge in [-0.15, -0.1) is 0 Å². The maximum Gasteiger partial charge on any atom is 0.253 e. The number of likely N-dealkylation sites (tertiary alicyclic amines) is 1. The lowest BCUT2D eigenvalue weighted by atomic mass is 9.74. The molecule has 2 amide bonds. The van der Waals surface area contributed by atoms with Crippen LogP contribution in [-0.4, -0.2) is 72.9 Å². The van der Waals surface area contributed by atoms with Crippen LogP contribution in [0.3, 0.4) is 0 Å². The second-order valence-corrected chi connectivity index (χ2v) is 10.7. The highest BCUT2D eigenvalue weighted by atomic mass is 32.1. The van der Waals surface area contributed by atoms with Crippen LogP contribution in [0.15, 0.2) is 41.1 Å². The van der Waals surface area contributed by atoms with Gasteiger partial charge in [0.2, 0.25) is 5.91 Å². The Bertz CT molecular complexity index is 954. The molecule has 184 valence electrons. The van der Waals surface area contributed by atoms with E-state index < -0.39 is 0 Å². The molecule has 4 rings (SSSR count). The SMILES string of the molecule is CC(=O)N1CCC2(CCCCN(Cc3ccsc3)CCOc3cccc(c3)C(=O)N(C)C2)CC1. The average Bonchev–Trinajstić information content (AvgIpc) is 3.34. The topological polar surface area (TPSA) is 53.1 Å². The first-order valence-corrected chi connectivity index (χ1v) is 13.4. The fourth-order valence-electron chi connectivity index (χ4n) is 5.34. The van der Waals surface area contributed by atoms with E-state index >= 15 is 0 Å². The molecule has 1 fully saturated rings. The van der Waals surface area contributed by atoms with Gasteiger partial charge < -0.3 is 14.5 Å². The van der Waals surface area contributed by atoms with Crippen molar-refractivity contribution >= 4 is 23.2 Å². The van der Waals surface area contributed by atoms with Gasteiger partial charge in [0, 0.05) is 52.3 Å². The summed E-state index contributed by atoms with van der Waals surface area (Å²) in [4.78, 5) is 31.5. The predicted octanol–water partition coefficient (Wildman–Crippen LogP) is 4.51. The second kappa shape index (κ2) is 11.4. The summed E-state index contributed by atoms with van der Waals surface area (Å²) in [7, 11) is 1.91. The third kappa shape index (κ3) is 6.39. The van der Waals surface area contributed by atoms with Crippen LogP contribution in [0.2, 0.25) is 0 Å². The Kier molecular flexibility index (Phi) is 8.27. The molecule has 7 heteroatoms. The van der Waals surface area contributed by atoms with E-state index in [-0.39, 0.29) is 17.2 Å². The second-order valence-electron chi connectivity index (χ2n) is 9.91. The Morgan fingerprint density at radius 2 is 1.91 bits per heavy atom. The Hall–Kier alpha value is -2.38. The van der Waals surface area contributed by atoms with Crippen molar-refractivity contribution in [1.82, 2.24) is 14.7 Å². The fraction of sp³-hybridized carbons (Fsp3) is 0.556. The number of carbonyl (C=O) groups is 2. The predicted molar refractivity (Wildman–Crippen MR) is 136 cm³/mol. The number of hydrogen-bond acceptors (Lipinski definition) is 5. The van der Waals surface area contributed by atoms with Gasteiger partial charge in [-0.05, 0) is 78.2 Å². The summed E-state index contributed by atoms with van der Waals surface area (Å²) in [5.41, 5.74) is 2.08. The summed E-state index contributed by atoms with van der Waals surface area (Å²) in [5.74, 6) is 0.930. The van der Waals surface area contributed by atoms with Gasteiger partial charge >= 0.3 is 0 Å². The molecule has 0 saturated carbocycles. The van der Waals surface area contributed by atoms with E-state index in [1.165, 1.54) is 5.56 Å². The van der Waals surface area contributed by atoms with Crippen molar-refractivity contribution in [1.29, 1.82) is 0 Å². The number of ether oxygens (including phenoxy) is 1. The molecule has 3 heterocycles. The van der Waals surface area contributed by atoms with Crippen molar-refractivity contribution in [2.45, 2.75) is 45.6 Å². The Labute approximate surface area is 207 Å². The van der Waals surface area contributed by atoms with Crippen molar-refractivity contribution in [3.05, 3.63) is 52.2 Å². The number of carbonyl (C=O) groups excluding carboxylic acids is 2. The number of benzene rings is 1. The maximum absolute atomic E-state index is 13.3. The average molecular weight is 484 g/mol. The molecule has 1 saturated heterocycles. The molecule has 2 aromatic rings. The van der Waals surface area contributed by atoms with Crippen LogP contribution >= 0.6 is 11.3 Å². The summed E-state index contributed by atoms with van der Waals surface area (Å²) in [6.45, 7) is 7.37. The first-order chi connectivity index (χ1) is 16.4. The Morgan fingerprint density at radius 3 is 2.65 bits per heavy atom. The van der Waals surface area contributed by atoms with Crippen LogP contribution in [0, 0.1) is 5.41 Å². The van der Waals surface area contributed by atoms with Crippen molar-refractivity contribution in [2.75, 3.05) is 46.4 Å². The summed E-state index contributed by atoms with van der Waals surface area (Å²) in [6.07, 6.45) is 5.22. The summed E-state index contributed by atoms with van der Waals surface area (Å²) in [6, 6.07) is 9.77. The van der Waals surface area contributed by atoms with Crippen LogP contribution in [-0.2, 0) is 11.3 Å². The number of amides is 2. The highest BCUT2D eigenvalue weighted by Gasteiger charge is 2.37. The standard InChI is InChI=1S/C27H37N3O3S/c1-22(31)30-13-10-27(11-14-30)9-3-4-12-29(19-23-8-17-34-20-23)15-16-33-25-7-5-6-24(18-25)26(32)28(2)21-27/h5-8,17-18,20H,3-4,9-16,19,21H2,1-2H3. The van der Waals surface area contributed by atoms with Crippen LogP contribution < -0.4 is 4.74 Å². The van der Waals surface area contributed by atoms with Gasteiger partial charge in [0.1, 0.15) is 12.4 Å². The fourth-order valence-corrected chi connectivity index (χ4v) is 6.00. The lowest BCUT2D eigenvalue weighted by molar-refractivity contribution is -0.131. The van der Waals surface area contributed by atoms with E-state index in [2.05, 4.69) is 21.7 Å². The van der Waals surface area contributed by atoms with Gasteiger partial charge in [-0.25, -0.2) is 0 Å². The highest BCUT2D eigenvalue weighted by molar-refractivity contribution is 7.07. The van der Waals surface area contributed by atoms with Gasteiger partial charge in [0.25, 0.3) is 5.91 Å². The van der Waals surface area contributed by atoms with E-state index in [4.69, 9.17) is 4.74 Å². The minimum atomic E-state index is 0.0350. The van der Waals surface area contributed by atoms with E-state index in [1.807, 2.05) is 41.1 Å². The minimum absolute atomic E-state index is 0.0350. The molecule has 1 spiro atoms. The van der Waals surface area contributed by atoms with E-state index in [0.717, 1.165) is 77.1 Å². The lowest BCUT2D eigenvalue weighted by Gasteiger charge is -2.44. The largest absolute Gasteiger partial charge is 0.492 e. The van der Waals surface area contributed by atoms with E-state index in [9.17, 15) is 9.59 Å². The number of hydrogen-bond donors (Lipinski definition) is 0. The van der Waals surface area contributed by atoms with Crippen molar-refractivity contribution in [2.24, 2.45) is 5.41 Å². The monoisotopic (exact) mass is 483 g/mol. The number of nitrogens with zero attached hydrogens (tertiary/aromatic N) is 3. The zero-order valence-corrected chi connectivity index (χ0v) is 21.3. The lowest BCUT2D eigenvalue weighted by Crippen LogP contribution is -2.48. The number of thiophene rings is 1. The quantitative estimate of drug-likeness (QED) is 0.631. The molecular weight excluding hydrogens is 446 g/mol. The van der Waals surface area contributed by atoms with Crippen LogP contribution in [0.25, 0.3) is 0 Å². The first kappa shape index (κ1) is 24.7. The van der Waals surface area contributed by atoms with E-state index in [0.29, 0.717) is 12.2 Å². The van der Waals surface area contributed by atoms with Crippen molar-refractivity contribution in [3.63, 3.8) is 0 Å². The van der Waals surface area contributed by atoms with Crippen LogP contribution in [0.5, 0.6) is 5.75 Å². The Balaban J connectivity index is 1.52. The number of piperidine rings is 1. The van der Waals surface area contributed by atoms with Gasteiger partial charge in [-0.1, -0.05) is 12.5 Å². The molecule has 0 aliphatic carbocycles. The molecule has 0 atom stereocenters. The molecule has 2 aliphatic rings. The summed E-state index contributed by atoms with van der Waals surface area (Å²) >= 11 is 1.74. The number of fused-ring (bicyclic) bond motifs is 2. The van der Waals surface area contributed by atoms with Crippen LogP contribution in [0.1, 0.15) is 54.9 Å². The molecular formula is C27H37N3O3S. The molecule has 0 N–H and O–H groups in total. The minimum Gasteiger partial charge on any atom is -0.492 e. The third-order valence-electron chi connectivity index (χ3n) is 7.36. The van der Waals surface area contributed by atoms with Gasteiger partial charge in [0.05, 0.1) is 0 Å². The molecule has 6 nitrogen and oxygen atoms in total. The summed E-state index contributed by atoms with van der Waals surface area (Å²) < 4.78 is 6.05. The van der Waals surface area contributed by atoms with Gasteiger partial charge in [0.15, 0.2) is 0 Å². The summed E-state index contributed by atoms with van der Waals surface area (Å²) in [5, 5.41) is 4.36. The third-order valence-corrected chi connectivity index (χ3v) is 8.10. The smallest absolute Gasteiger partial charge is 0.253 e. The molecule has 1 aromatic carbocycles. The number of rotatable bonds is 2. The zero-order chi connectivity index (χ0) is 24.0. The molecule has 0 unspecified atom stereocenters. The van der Waals surface area contributed by atoms with Crippen LogP contribution in [0.4, 0.5) is 0 Å². The first-order valence-electron chi connectivity index (χ1n) is 12.4. The van der Waals surface area contributed by atoms with Gasteiger partial charge in [-0.3, -0.25) is 14.5 Å². The molecule has 2 aliphatic heterocycles. The highest BCUT2D eigenvalue weighted by Crippen LogP contribution is 2.38. The normalized spacial score (nSPS) is 20.5. The van der Waals surface area contributed by atoms with E-state index in [1.54, 1.807) is 18.3 Å². The Morgan fingerprint density at radius 1 is 1.09 bits per heavy atom. The molecule has 0 radical (unpaired) electrons. The molecule has 2 bridgehead atoms. The van der Waals surface area contributed by atoms with Crippen molar-refractivity contribution in [3.8, 4) is 5.75 Å². The maximum atomic E-state index is 13.3. The molecule has 1 aromatic heterocycles. The van der Waals surface area contributed by atoms with Crippen molar-refractivity contribution < 1.29 is 14.3 Å².